The summed E-state index contributed by atoms with van der Waals surface area (Å²) in [5.41, 5.74) is -0.432. The Hall–Kier alpha value is -1.45. The van der Waals surface area contributed by atoms with Crippen molar-refractivity contribution in [2.45, 2.75) is 39.8 Å². The number of ether oxygens (including phenoxy) is 1. The molecule has 8 heteroatoms. The number of carbonyl (C=O) groups excluding carboxylic acids is 1. The third-order valence-electron chi connectivity index (χ3n) is 2.58. The summed E-state index contributed by atoms with van der Waals surface area (Å²) in [5, 5.41) is 5.72. The number of carbonyl (C=O) groups is 1. The summed E-state index contributed by atoms with van der Waals surface area (Å²) in [4.78, 5) is 15.8. The van der Waals surface area contributed by atoms with E-state index in [9.17, 15) is 13.6 Å². The molecule has 2 N–H and O–H groups in total. The normalized spacial score (nSPS) is 11.5. The van der Waals surface area contributed by atoms with Crippen LogP contribution in [0.1, 0.15) is 33.3 Å². The van der Waals surface area contributed by atoms with Crippen molar-refractivity contribution in [2.24, 2.45) is 4.99 Å². The molecule has 0 saturated heterocycles. The molecule has 136 valence electrons. The summed E-state index contributed by atoms with van der Waals surface area (Å²) in [5.74, 6) is -1.16. The van der Waals surface area contributed by atoms with Gasteiger partial charge in [-0.05, 0) is 45.9 Å². The quantitative estimate of drug-likeness (QED) is 0.310. The van der Waals surface area contributed by atoms with E-state index in [2.05, 4.69) is 15.6 Å². The highest BCUT2D eigenvalue weighted by Crippen LogP contribution is 2.10. The molecule has 0 bridgehead atoms. The van der Waals surface area contributed by atoms with Crippen molar-refractivity contribution in [1.29, 1.82) is 0 Å². The van der Waals surface area contributed by atoms with Gasteiger partial charge in [-0.1, -0.05) is 0 Å². The molecule has 0 saturated carbocycles. The zero-order chi connectivity index (χ0) is 17.5. The van der Waals surface area contributed by atoms with Gasteiger partial charge in [0.25, 0.3) is 0 Å². The minimum Gasteiger partial charge on any atom is -0.459 e. The van der Waals surface area contributed by atoms with Crippen LogP contribution in [0.15, 0.2) is 23.2 Å². The molecule has 0 aliphatic rings. The van der Waals surface area contributed by atoms with Crippen molar-refractivity contribution in [3.05, 3.63) is 35.4 Å². The molecule has 0 aromatic heterocycles. The van der Waals surface area contributed by atoms with E-state index < -0.39 is 23.2 Å². The Balaban J connectivity index is 0.00000529. The summed E-state index contributed by atoms with van der Waals surface area (Å²) >= 11 is 0. The summed E-state index contributed by atoms with van der Waals surface area (Å²) in [6.45, 7) is 7.62. The number of nitrogens with one attached hydrogen (secondary N) is 2. The van der Waals surface area contributed by atoms with Gasteiger partial charge in [-0.25, -0.2) is 13.8 Å². The van der Waals surface area contributed by atoms with Gasteiger partial charge in [-0.15, -0.1) is 24.0 Å². The monoisotopic (exact) mass is 455 g/mol. The Morgan fingerprint density at radius 3 is 2.50 bits per heavy atom. The maximum Gasteiger partial charge on any atom is 0.325 e. The van der Waals surface area contributed by atoms with Gasteiger partial charge < -0.3 is 15.4 Å². The number of hydrogen-bond donors (Lipinski definition) is 2. The van der Waals surface area contributed by atoms with Crippen LogP contribution in [0.3, 0.4) is 0 Å². The summed E-state index contributed by atoms with van der Waals surface area (Å²) in [6.07, 6.45) is 0. The van der Waals surface area contributed by atoms with E-state index in [1.165, 1.54) is 0 Å². The standard InChI is InChI=1S/C16H23F2N3O2.HI/c1-5-19-15(21-10-14(22)23-16(2,3)4)20-9-11-8-12(17)6-7-13(11)18;/h6-8H,5,9-10H2,1-4H3,(H2,19,20,21);1H. The van der Waals surface area contributed by atoms with Gasteiger partial charge in [0, 0.05) is 12.1 Å². The zero-order valence-corrected chi connectivity index (χ0v) is 16.6. The average molecular weight is 455 g/mol. The smallest absolute Gasteiger partial charge is 0.325 e. The largest absolute Gasteiger partial charge is 0.459 e. The first-order chi connectivity index (χ1) is 10.7. The highest BCUT2D eigenvalue weighted by atomic mass is 127. The maximum absolute atomic E-state index is 13.6. The molecule has 0 aliphatic carbocycles. The molecular weight excluding hydrogens is 431 g/mol. The van der Waals surface area contributed by atoms with E-state index in [1.54, 1.807) is 20.8 Å². The maximum atomic E-state index is 13.6. The number of hydrogen-bond acceptors (Lipinski definition) is 3. The van der Waals surface area contributed by atoms with Crippen molar-refractivity contribution in [1.82, 2.24) is 10.6 Å². The van der Waals surface area contributed by atoms with Crippen molar-refractivity contribution in [3.63, 3.8) is 0 Å². The summed E-state index contributed by atoms with van der Waals surface area (Å²) in [6, 6.07) is 3.20. The fraction of sp³-hybridized carbons (Fsp3) is 0.500. The summed E-state index contributed by atoms with van der Waals surface area (Å²) < 4.78 is 31.8. The minimum absolute atomic E-state index is 0. The number of guanidine groups is 1. The molecule has 0 amide bonds. The number of nitrogens with zero attached hydrogens (tertiary/aromatic N) is 1. The average Bonchev–Trinajstić information content (AvgIpc) is 2.43. The molecule has 0 spiro atoms. The molecule has 0 fully saturated rings. The lowest BCUT2D eigenvalue weighted by Gasteiger charge is -2.20. The predicted molar refractivity (Wildman–Crippen MR) is 100 cm³/mol. The van der Waals surface area contributed by atoms with Crippen LogP contribution in [0.2, 0.25) is 0 Å². The van der Waals surface area contributed by atoms with E-state index in [4.69, 9.17) is 4.74 Å². The number of aliphatic imine (C=N–C) groups is 1. The van der Waals surface area contributed by atoms with E-state index in [-0.39, 0.29) is 42.6 Å². The molecule has 5 nitrogen and oxygen atoms in total. The van der Waals surface area contributed by atoms with Gasteiger partial charge in [0.1, 0.15) is 23.8 Å². The van der Waals surface area contributed by atoms with Crippen molar-refractivity contribution in [2.75, 3.05) is 13.1 Å². The summed E-state index contributed by atoms with van der Waals surface area (Å²) in [7, 11) is 0. The van der Waals surface area contributed by atoms with Gasteiger partial charge in [0.15, 0.2) is 5.96 Å². The van der Waals surface area contributed by atoms with E-state index in [1.807, 2.05) is 6.92 Å². The fourth-order valence-electron chi connectivity index (χ4n) is 1.70. The molecule has 0 unspecified atom stereocenters. The molecule has 1 aromatic carbocycles. The second-order valence-corrected chi connectivity index (χ2v) is 5.87. The lowest BCUT2D eigenvalue weighted by molar-refractivity contribution is -0.153. The topological polar surface area (TPSA) is 62.7 Å². The van der Waals surface area contributed by atoms with Crippen LogP contribution in [-0.4, -0.2) is 30.6 Å². The number of benzene rings is 1. The highest BCUT2D eigenvalue weighted by molar-refractivity contribution is 14.0. The molecule has 0 heterocycles. The van der Waals surface area contributed by atoms with Crippen molar-refractivity contribution >= 4 is 35.9 Å². The van der Waals surface area contributed by atoms with Crippen LogP contribution in [0.4, 0.5) is 8.78 Å². The lowest BCUT2D eigenvalue weighted by atomic mass is 10.2. The first kappa shape index (κ1) is 22.6. The van der Waals surface area contributed by atoms with E-state index in [0.29, 0.717) is 12.5 Å². The third-order valence-corrected chi connectivity index (χ3v) is 2.58. The van der Waals surface area contributed by atoms with Gasteiger partial charge in [0.2, 0.25) is 0 Å². The molecule has 0 radical (unpaired) electrons. The van der Waals surface area contributed by atoms with Crippen LogP contribution >= 0.6 is 24.0 Å². The number of esters is 1. The first-order valence-corrected chi connectivity index (χ1v) is 7.39. The third kappa shape index (κ3) is 8.99. The van der Waals surface area contributed by atoms with Gasteiger partial charge in [-0.3, -0.25) is 4.79 Å². The van der Waals surface area contributed by atoms with Gasteiger partial charge in [-0.2, -0.15) is 0 Å². The van der Waals surface area contributed by atoms with Gasteiger partial charge >= 0.3 is 5.97 Å². The molecule has 0 aliphatic heterocycles. The van der Waals surface area contributed by atoms with Crippen LogP contribution < -0.4 is 10.6 Å². The Kier molecular flexibility index (Phi) is 9.79. The Morgan fingerprint density at radius 2 is 1.92 bits per heavy atom. The highest BCUT2D eigenvalue weighted by Gasteiger charge is 2.16. The van der Waals surface area contributed by atoms with Gasteiger partial charge in [0.05, 0.1) is 6.54 Å². The predicted octanol–water partition coefficient (Wildman–Crippen LogP) is 2.98. The lowest BCUT2D eigenvalue weighted by Crippen LogP contribution is -2.41. The van der Waals surface area contributed by atoms with E-state index in [0.717, 1.165) is 18.2 Å². The SMILES string of the molecule is CCNC(=NCc1cc(F)ccc1F)NCC(=O)OC(C)(C)C.I. The second-order valence-electron chi connectivity index (χ2n) is 5.87. The fourth-order valence-corrected chi connectivity index (χ4v) is 1.70. The first-order valence-electron chi connectivity index (χ1n) is 7.39. The Labute approximate surface area is 158 Å². The second kappa shape index (κ2) is 10.4. The van der Waals surface area contributed by atoms with Crippen molar-refractivity contribution < 1.29 is 18.3 Å². The van der Waals surface area contributed by atoms with Crippen LogP contribution in [-0.2, 0) is 16.1 Å². The Morgan fingerprint density at radius 1 is 1.25 bits per heavy atom. The Bertz CT molecular complexity index is 575. The zero-order valence-electron chi connectivity index (χ0n) is 14.3. The molecule has 1 rings (SSSR count). The molecule has 1 aromatic rings. The van der Waals surface area contributed by atoms with E-state index >= 15 is 0 Å². The number of rotatable bonds is 5. The van der Waals surface area contributed by atoms with Crippen LogP contribution in [0.25, 0.3) is 0 Å². The molecular formula is C16H24F2IN3O2. The minimum atomic E-state index is -0.570. The molecule has 24 heavy (non-hydrogen) atoms. The van der Waals surface area contributed by atoms with Crippen LogP contribution in [0.5, 0.6) is 0 Å². The van der Waals surface area contributed by atoms with Crippen molar-refractivity contribution in [3.8, 4) is 0 Å². The van der Waals surface area contributed by atoms with Crippen LogP contribution in [0, 0.1) is 11.6 Å². The molecule has 0 atom stereocenters. The number of halogens is 3.